The Hall–Kier alpha value is -3.07. The number of imidazole rings is 1. The lowest BCUT2D eigenvalue weighted by Crippen LogP contribution is -2.29. The molecule has 3 aromatic heterocycles. The normalized spacial score (nSPS) is 14.1. The molecule has 0 unspecified atom stereocenters. The zero-order valence-electron chi connectivity index (χ0n) is 19.7. The lowest BCUT2D eigenvalue weighted by molar-refractivity contribution is -0.138. The zero-order valence-corrected chi connectivity index (χ0v) is 20.5. The van der Waals surface area contributed by atoms with Crippen LogP contribution in [0.1, 0.15) is 43.7 Å². The predicted octanol–water partition coefficient (Wildman–Crippen LogP) is 6.49. The first kappa shape index (κ1) is 23.7. The van der Waals surface area contributed by atoms with Crippen LogP contribution in [0.25, 0.3) is 33.8 Å². The van der Waals surface area contributed by atoms with Crippen molar-refractivity contribution in [2.24, 2.45) is 7.05 Å². The molecule has 1 fully saturated rings. The number of rotatable bonds is 6. The van der Waals surface area contributed by atoms with Gasteiger partial charge in [0.05, 0.1) is 0 Å². The van der Waals surface area contributed by atoms with E-state index in [4.69, 9.17) is 4.98 Å². The summed E-state index contributed by atoms with van der Waals surface area (Å²) < 4.78 is 43.3. The van der Waals surface area contributed by atoms with E-state index in [0.717, 1.165) is 32.4 Å². The number of aromatic nitrogens is 4. The molecule has 0 atom stereocenters. The topological polar surface area (TPSA) is 52.7 Å². The van der Waals surface area contributed by atoms with Gasteiger partial charge in [-0.25, -0.2) is 4.98 Å². The van der Waals surface area contributed by atoms with Gasteiger partial charge in [-0.15, -0.1) is 11.8 Å². The summed E-state index contributed by atoms with van der Waals surface area (Å²) in [5.74, 6) is 1.90. The van der Waals surface area contributed by atoms with E-state index in [0.29, 0.717) is 23.1 Å². The minimum Gasteiger partial charge on any atom is -0.312 e. The Labute approximate surface area is 205 Å². The van der Waals surface area contributed by atoms with E-state index in [-0.39, 0.29) is 12.1 Å². The lowest BCUT2D eigenvalue weighted by atomic mass is 10.0. The van der Waals surface area contributed by atoms with Gasteiger partial charge in [-0.05, 0) is 54.7 Å². The molecule has 4 aromatic rings. The van der Waals surface area contributed by atoms with E-state index in [1.807, 2.05) is 6.92 Å². The molecule has 5 rings (SSSR count). The number of benzene rings is 1. The molecule has 0 amide bonds. The van der Waals surface area contributed by atoms with Gasteiger partial charge in [0.2, 0.25) is 0 Å². The maximum atomic E-state index is 13.5. The monoisotopic (exact) mass is 498 g/mol. The van der Waals surface area contributed by atoms with Crippen molar-refractivity contribution >= 4 is 22.9 Å². The number of pyridine rings is 2. The van der Waals surface area contributed by atoms with Crippen molar-refractivity contribution in [3.63, 3.8) is 0 Å². The van der Waals surface area contributed by atoms with Crippen LogP contribution < -0.4 is 5.56 Å². The molecular formula is C26H25F3N4OS. The highest BCUT2D eigenvalue weighted by molar-refractivity contribution is 7.99. The van der Waals surface area contributed by atoms with E-state index >= 15 is 0 Å². The molecule has 0 radical (unpaired) electrons. The quantitative estimate of drug-likeness (QED) is 0.285. The number of halogens is 3. The molecule has 5 nitrogen and oxygen atoms in total. The Kier molecular flexibility index (Phi) is 5.99. The van der Waals surface area contributed by atoms with Crippen LogP contribution in [0.4, 0.5) is 13.2 Å². The van der Waals surface area contributed by atoms with E-state index in [2.05, 4.69) is 35.3 Å². The van der Waals surface area contributed by atoms with E-state index in [9.17, 15) is 18.0 Å². The standard InChI is InChI=1S/C26H25F3N4OS/c1-4-33-24-20(13-19(25(33)34)26(27,28)29)31-23(32(24)3)22-21(35-5-2)12-18(14-30-22)17-10-8-16(9-11-17)15-6-7-15/h8-15H,4-7H2,1-3H3. The van der Waals surface area contributed by atoms with Crippen LogP contribution in [0.5, 0.6) is 0 Å². The van der Waals surface area contributed by atoms with Crippen molar-refractivity contribution in [3.8, 4) is 22.6 Å². The highest BCUT2D eigenvalue weighted by Gasteiger charge is 2.36. The van der Waals surface area contributed by atoms with Gasteiger partial charge in [-0.1, -0.05) is 31.2 Å². The van der Waals surface area contributed by atoms with Gasteiger partial charge >= 0.3 is 6.18 Å². The SMILES string of the molecule is CCSc1cc(-c2ccc(C3CC3)cc2)cnc1-c1nc2cc(C(F)(F)F)c(=O)n(CC)c2n1C. The largest absolute Gasteiger partial charge is 0.421 e. The van der Waals surface area contributed by atoms with Crippen molar-refractivity contribution in [1.29, 1.82) is 0 Å². The molecule has 0 spiro atoms. The zero-order chi connectivity index (χ0) is 24.9. The van der Waals surface area contributed by atoms with Gasteiger partial charge in [0.1, 0.15) is 22.4 Å². The Morgan fingerprint density at radius 3 is 2.40 bits per heavy atom. The lowest BCUT2D eigenvalue weighted by Gasteiger charge is -2.13. The average molecular weight is 499 g/mol. The summed E-state index contributed by atoms with van der Waals surface area (Å²) in [6.45, 7) is 3.77. The first-order valence-corrected chi connectivity index (χ1v) is 12.6. The predicted molar refractivity (Wildman–Crippen MR) is 133 cm³/mol. The van der Waals surface area contributed by atoms with Crippen LogP contribution in [0.2, 0.25) is 0 Å². The number of hydrogen-bond acceptors (Lipinski definition) is 4. The van der Waals surface area contributed by atoms with Crippen molar-refractivity contribution in [2.75, 3.05) is 5.75 Å². The molecule has 1 aromatic carbocycles. The second-order valence-electron chi connectivity index (χ2n) is 8.71. The summed E-state index contributed by atoms with van der Waals surface area (Å²) in [5, 5.41) is 0. The van der Waals surface area contributed by atoms with E-state index in [1.165, 1.54) is 18.4 Å². The smallest absolute Gasteiger partial charge is 0.312 e. The minimum absolute atomic E-state index is 0.0953. The van der Waals surface area contributed by atoms with Crippen LogP contribution in [0.15, 0.2) is 52.3 Å². The molecule has 0 bridgehead atoms. The highest BCUT2D eigenvalue weighted by Crippen LogP contribution is 2.41. The fraction of sp³-hybridized carbons (Fsp3) is 0.346. The fourth-order valence-electron chi connectivity index (χ4n) is 4.48. The summed E-state index contributed by atoms with van der Waals surface area (Å²) >= 11 is 1.60. The summed E-state index contributed by atoms with van der Waals surface area (Å²) in [6.07, 6.45) is -0.477. The minimum atomic E-state index is -4.75. The van der Waals surface area contributed by atoms with Gasteiger partial charge in [-0.2, -0.15) is 13.2 Å². The van der Waals surface area contributed by atoms with Gasteiger partial charge < -0.3 is 4.57 Å². The molecule has 9 heteroatoms. The maximum Gasteiger partial charge on any atom is 0.421 e. The van der Waals surface area contributed by atoms with Crippen LogP contribution >= 0.6 is 11.8 Å². The number of nitrogens with zero attached hydrogens (tertiary/aromatic N) is 4. The molecule has 0 aliphatic heterocycles. The third-order valence-electron chi connectivity index (χ3n) is 6.38. The summed E-state index contributed by atoms with van der Waals surface area (Å²) in [5.41, 5.74) is 2.15. The van der Waals surface area contributed by atoms with Crippen molar-refractivity contribution < 1.29 is 13.2 Å². The van der Waals surface area contributed by atoms with Crippen LogP contribution in [-0.4, -0.2) is 24.9 Å². The number of fused-ring (bicyclic) bond motifs is 1. The van der Waals surface area contributed by atoms with Crippen molar-refractivity contribution in [2.45, 2.75) is 50.2 Å². The first-order valence-electron chi connectivity index (χ1n) is 11.6. The first-order chi connectivity index (χ1) is 16.7. The average Bonchev–Trinajstić information content (AvgIpc) is 3.63. The van der Waals surface area contributed by atoms with Crippen LogP contribution in [0.3, 0.4) is 0 Å². The molecule has 1 saturated carbocycles. The summed E-state index contributed by atoms with van der Waals surface area (Å²) in [7, 11) is 1.70. The van der Waals surface area contributed by atoms with Crippen molar-refractivity contribution in [1.82, 2.24) is 19.1 Å². The van der Waals surface area contributed by atoms with Gasteiger partial charge in [0, 0.05) is 30.2 Å². The highest BCUT2D eigenvalue weighted by atomic mass is 32.2. The number of aryl methyl sites for hydroxylation is 2. The third-order valence-corrected chi connectivity index (χ3v) is 7.29. The van der Waals surface area contributed by atoms with Crippen LogP contribution in [-0.2, 0) is 19.8 Å². The molecule has 35 heavy (non-hydrogen) atoms. The van der Waals surface area contributed by atoms with Crippen LogP contribution in [0, 0.1) is 0 Å². The summed E-state index contributed by atoms with van der Waals surface area (Å²) in [4.78, 5) is 22.7. The molecule has 0 N–H and O–H groups in total. The second kappa shape index (κ2) is 8.86. The number of thioether (sulfide) groups is 1. The Morgan fingerprint density at radius 1 is 1.09 bits per heavy atom. The maximum absolute atomic E-state index is 13.5. The second-order valence-corrected chi connectivity index (χ2v) is 10.0. The number of alkyl halides is 3. The van der Waals surface area contributed by atoms with Gasteiger partial charge in [0.25, 0.3) is 5.56 Å². The molecule has 1 aliphatic carbocycles. The molecule has 3 heterocycles. The molecule has 0 saturated heterocycles. The molecular weight excluding hydrogens is 473 g/mol. The molecule has 1 aliphatic rings. The van der Waals surface area contributed by atoms with Gasteiger partial charge in [0.15, 0.2) is 5.82 Å². The van der Waals surface area contributed by atoms with E-state index < -0.39 is 17.3 Å². The van der Waals surface area contributed by atoms with Gasteiger partial charge in [-0.3, -0.25) is 14.3 Å². The third kappa shape index (κ3) is 4.26. The Bertz CT molecular complexity index is 1470. The Balaban J connectivity index is 1.64. The summed E-state index contributed by atoms with van der Waals surface area (Å²) in [6, 6.07) is 11.4. The Morgan fingerprint density at radius 2 is 1.80 bits per heavy atom. The number of hydrogen-bond donors (Lipinski definition) is 0. The van der Waals surface area contributed by atoms with Crippen molar-refractivity contribution in [3.05, 3.63) is 64.1 Å². The molecule has 182 valence electrons. The van der Waals surface area contributed by atoms with E-state index in [1.54, 1.807) is 36.5 Å². The fourth-order valence-corrected chi connectivity index (χ4v) is 5.28.